The van der Waals surface area contributed by atoms with Crippen LogP contribution in [0.2, 0.25) is 0 Å². The molecule has 1 fully saturated rings. The first-order valence-electron chi connectivity index (χ1n) is 5.30. The number of halogens is 3. The minimum Gasteiger partial charge on any atom is -0.314 e. The fourth-order valence-electron chi connectivity index (χ4n) is 2.02. The Labute approximate surface area is 91.6 Å². The van der Waals surface area contributed by atoms with Gasteiger partial charge in [0.05, 0.1) is 6.04 Å². The first-order chi connectivity index (χ1) is 7.47. The van der Waals surface area contributed by atoms with Crippen LogP contribution in [0, 0.1) is 5.92 Å². The minimum atomic E-state index is -4.35. The highest BCUT2D eigenvalue weighted by Crippen LogP contribution is 2.29. The predicted octanol–water partition coefficient (Wildman–Crippen LogP) is 2.07. The molecule has 1 saturated heterocycles. The summed E-state index contributed by atoms with van der Waals surface area (Å²) < 4.78 is 38.5. The average Bonchev–Trinajstić information content (AvgIpc) is 2.65. The Bertz CT molecular complexity index is 358. The van der Waals surface area contributed by atoms with Crippen molar-refractivity contribution >= 4 is 0 Å². The zero-order valence-corrected chi connectivity index (χ0v) is 8.96. The molecule has 0 saturated carbocycles. The molecule has 2 rings (SSSR count). The Hall–Kier alpha value is -1.04. The van der Waals surface area contributed by atoms with E-state index in [-0.39, 0.29) is 6.04 Å². The number of nitrogens with one attached hydrogen (secondary N) is 1. The quantitative estimate of drug-likeness (QED) is 0.804. The van der Waals surface area contributed by atoms with Gasteiger partial charge in [0.15, 0.2) is 5.69 Å². The third-order valence-electron chi connectivity index (χ3n) is 2.82. The molecular formula is C10H14F3N3. The fourth-order valence-corrected chi connectivity index (χ4v) is 2.02. The van der Waals surface area contributed by atoms with Crippen molar-refractivity contribution in [3.63, 3.8) is 0 Å². The van der Waals surface area contributed by atoms with E-state index >= 15 is 0 Å². The summed E-state index contributed by atoms with van der Waals surface area (Å²) in [6.45, 7) is 3.68. The summed E-state index contributed by atoms with van der Waals surface area (Å²) in [7, 11) is 0. The fraction of sp³-hybridized carbons (Fsp3) is 0.700. The normalized spacial score (nSPS) is 27.0. The van der Waals surface area contributed by atoms with E-state index in [0.717, 1.165) is 19.0 Å². The van der Waals surface area contributed by atoms with Crippen LogP contribution in [0.4, 0.5) is 13.2 Å². The van der Waals surface area contributed by atoms with E-state index in [1.54, 1.807) is 0 Å². The Morgan fingerprint density at radius 3 is 2.75 bits per heavy atom. The van der Waals surface area contributed by atoms with Crippen molar-refractivity contribution in [1.29, 1.82) is 0 Å². The highest BCUT2D eigenvalue weighted by molar-refractivity contribution is 5.04. The summed E-state index contributed by atoms with van der Waals surface area (Å²) in [6, 6.07) is 1.05. The molecule has 1 aliphatic rings. The molecule has 0 amide bonds. The second-order valence-corrected chi connectivity index (χ2v) is 4.33. The highest BCUT2D eigenvalue weighted by Gasteiger charge is 2.34. The van der Waals surface area contributed by atoms with E-state index in [2.05, 4.69) is 17.3 Å². The summed E-state index contributed by atoms with van der Waals surface area (Å²) in [5.74, 6) is 0.470. The van der Waals surface area contributed by atoms with Crippen LogP contribution in [0.1, 0.15) is 25.1 Å². The lowest BCUT2D eigenvalue weighted by Gasteiger charge is -2.27. The number of nitrogens with zero attached hydrogens (tertiary/aromatic N) is 2. The van der Waals surface area contributed by atoms with Crippen LogP contribution in [0.15, 0.2) is 12.3 Å². The van der Waals surface area contributed by atoms with Gasteiger partial charge in [0.2, 0.25) is 0 Å². The van der Waals surface area contributed by atoms with E-state index in [1.807, 2.05) is 0 Å². The molecule has 3 nitrogen and oxygen atoms in total. The second kappa shape index (κ2) is 4.08. The lowest BCUT2D eigenvalue weighted by atomic mass is 9.98. The predicted molar refractivity (Wildman–Crippen MR) is 52.9 cm³/mol. The molecule has 90 valence electrons. The first kappa shape index (κ1) is 11.4. The van der Waals surface area contributed by atoms with E-state index in [4.69, 9.17) is 0 Å². The number of piperidine rings is 1. The molecule has 2 unspecified atom stereocenters. The van der Waals surface area contributed by atoms with E-state index < -0.39 is 11.9 Å². The van der Waals surface area contributed by atoms with E-state index in [0.29, 0.717) is 12.5 Å². The van der Waals surface area contributed by atoms with Gasteiger partial charge in [-0.2, -0.15) is 18.3 Å². The molecule has 6 heteroatoms. The summed E-state index contributed by atoms with van der Waals surface area (Å²) in [5.41, 5.74) is -0.814. The van der Waals surface area contributed by atoms with Gasteiger partial charge in [0.25, 0.3) is 0 Å². The van der Waals surface area contributed by atoms with Gasteiger partial charge in [-0.1, -0.05) is 6.92 Å². The van der Waals surface area contributed by atoms with Crippen LogP contribution in [-0.4, -0.2) is 22.9 Å². The van der Waals surface area contributed by atoms with Crippen LogP contribution in [0.3, 0.4) is 0 Å². The van der Waals surface area contributed by atoms with Crippen LogP contribution >= 0.6 is 0 Å². The summed E-state index contributed by atoms with van der Waals surface area (Å²) in [6.07, 6.45) is -2.07. The lowest BCUT2D eigenvalue weighted by Crippen LogP contribution is -2.36. The molecule has 0 spiro atoms. The highest BCUT2D eigenvalue weighted by atomic mass is 19.4. The maximum atomic E-state index is 12.4. The van der Waals surface area contributed by atoms with Crippen molar-refractivity contribution in [2.24, 2.45) is 5.92 Å². The average molecular weight is 233 g/mol. The van der Waals surface area contributed by atoms with E-state index in [1.165, 1.54) is 10.9 Å². The molecule has 2 atom stereocenters. The number of hydrogen-bond donors (Lipinski definition) is 1. The van der Waals surface area contributed by atoms with Gasteiger partial charge < -0.3 is 5.32 Å². The SMILES string of the molecule is CC1CNCC(n2ccc(C(F)(F)F)n2)C1. The topological polar surface area (TPSA) is 29.9 Å². The first-order valence-corrected chi connectivity index (χ1v) is 5.30. The largest absolute Gasteiger partial charge is 0.435 e. The molecule has 0 radical (unpaired) electrons. The van der Waals surface area contributed by atoms with Crippen LogP contribution in [0.5, 0.6) is 0 Å². The summed E-state index contributed by atoms with van der Waals surface area (Å²) in [4.78, 5) is 0. The molecule has 0 aliphatic carbocycles. The Morgan fingerprint density at radius 2 is 2.19 bits per heavy atom. The molecular weight excluding hydrogens is 219 g/mol. The molecule has 1 N–H and O–H groups in total. The molecule has 1 aliphatic heterocycles. The number of aromatic nitrogens is 2. The molecule has 16 heavy (non-hydrogen) atoms. The Morgan fingerprint density at radius 1 is 1.44 bits per heavy atom. The summed E-state index contributed by atoms with van der Waals surface area (Å²) >= 11 is 0. The number of alkyl halides is 3. The van der Waals surface area contributed by atoms with Gasteiger partial charge >= 0.3 is 6.18 Å². The van der Waals surface area contributed by atoms with Gasteiger partial charge in [-0.25, -0.2) is 0 Å². The van der Waals surface area contributed by atoms with Gasteiger partial charge in [0, 0.05) is 12.7 Å². The number of hydrogen-bond acceptors (Lipinski definition) is 2. The van der Waals surface area contributed by atoms with Crippen LogP contribution < -0.4 is 5.32 Å². The van der Waals surface area contributed by atoms with Gasteiger partial charge in [-0.15, -0.1) is 0 Å². The molecule has 2 heterocycles. The third-order valence-corrected chi connectivity index (χ3v) is 2.82. The standard InChI is InChI=1S/C10H14F3N3/c1-7-4-8(6-14-5-7)16-3-2-9(15-16)10(11,12)13/h2-3,7-8,14H,4-6H2,1H3. The zero-order valence-electron chi connectivity index (χ0n) is 8.96. The van der Waals surface area contributed by atoms with Crippen molar-refractivity contribution in [2.45, 2.75) is 25.6 Å². The molecule has 0 bridgehead atoms. The maximum absolute atomic E-state index is 12.4. The van der Waals surface area contributed by atoms with Crippen molar-refractivity contribution in [3.05, 3.63) is 18.0 Å². The third kappa shape index (κ3) is 2.37. The van der Waals surface area contributed by atoms with Crippen LogP contribution in [0.25, 0.3) is 0 Å². The van der Waals surface area contributed by atoms with Crippen molar-refractivity contribution in [2.75, 3.05) is 13.1 Å². The lowest BCUT2D eigenvalue weighted by molar-refractivity contribution is -0.141. The zero-order chi connectivity index (χ0) is 11.8. The Kier molecular flexibility index (Phi) is 2.92. The van der Waals surface area contributed by atoms with E-state index in [9.17, 15) is 13.2 Å². The Balaban J connectivity index is 2.12. The number of rotatable bonds is 1. The second-order valence-electron chi connectivity index (χ2n) is 4.33. The molecule has 1 aromatic heterocycles. The molecule has 1 aromatic rings. The van der Waals surface area contributed by atoms with Crippen molar-refractivity contribution in [1.82, 2.24) is 15.1 Å². The smallest absolute Gasteiger partial charge is 0.314 e. The maximum Gasteiger partial charge on any atom is 0.435 e. The van der Waals surface area contributed by atoms with Gasteiger partial charge in [0.1, 0.15) is 0 Å². The van der Waals surface area contributed by atoms with Gasteiger partial charge in [-0.05, 0) is 24.9 Å². The monoisotopic (exact) mass is 233 g/mol. The van der Waals surface area contributed by atoms with Crippen molar-refractivity contribution in [3.8, 4) is 0 Å². The van der Waals surface area contributed by atoms with Crippen LogP contribution in [-0.2, 0) is 6.18 Å². The minimum absolute atomic E-state index is 0.0276. The molecule has 0 aromatic carbocycles. The van der Waals surface area contributed by atoms with Crippen molar-refractivity contribution < 1.29 is 13.2 Å². The summed E-state index contributed by atoms with van der Waals surface area (Å²) in [5, 5.41) is 6.78. The van der Waals surface area contributed by atoms with Gasteiger partial charge in [-0.3, -0.25) is 4.68 Å².